The number of rotatable bonds is 5. The average molecular weight is 352 g/mol. The summed E-state index contributed by atoms with van der Waals surface area (Å²) >= 11 is 0. The third-order valence-electron chi connectivity index (χ3n) is 5.47. The molecule has 1 aromatic heterocycles. The van der Waals surface area contributed by atoms with E-state index in [1.807, 2.05) is 59.2 Å². The van der Waals surface area contributed by atoms with E-state index in [0.717, 1.165) is 42.3 Å². The molecular formula is C21H24N2O3. The fourth-order valence-electron chi connectivity index (χ4n) is 4.27. The lowest BCUT2D eigenvalue weighted by Crippen LogP contribution is -2.36. The van der Waals surface area contributed by atoms with Crippen molar-refractivity contribution in [2.24, 2.45) is 0 Å². The molecule has 0 bridgehead atoms. The largest absolute Gasteiger partial charge is 0.394 e. The molecule has 5 nitrogen and oxygen atoms in total. The van der Waals surface area contributed by atoms with Gasteiger partial charge >= 0.3 is 5.69 Å². The van der Waals surface area contributed by atoms with Crippen LogP contribution >= 0.6 is 0 Å². The predicted molar refractivity (Wildman–Crippen MR) is 101 cm³/mol. The van der Waals surface area contributed by atoms with Gasteiger partial charge in [-0.05, 0) is 30.5 Å². The number of aromatic nitrogens is 2. The number of aliphatic hydroxyl groups is 2. The van der Waals surface area contributed by atoms with Gasteiger partial charge in [-0.25, -0.2) is 4.79 Å². The molecule has 0 saturated heterocycles. The maximum absolute atomic E-state index is 13.4. The van der Waals surface area contributed by atoms with Gasteiger partial charge in [0, 0.05) is 6.04 Å². The summed E-state index contributed by atoms with van der Waals surface area (Å²) in [5.74, 6) is 0. The van der Waals surface area contributed by atoms with E-state index in [9.17, 15) is 15.0 Å². The molecule has 2 aromatic carbocycles. The summed E-state index contributed by atoms with van der Waals surface area (Å²) < 4.78 is 3.55. The maximum atomic E-state index is 13.4. The molecule has 2 atom stereocenters. The van der Waals surface area contributed by atoms with Gasteiger partial charge in [0.2, 0.25) is 0 Å². The molecule has 3 aromatic rings. The lowest BCUT2D eigenvalue weighted by atomic mass is 10.0. The van der Waals surface area contributed by atoms with Gasteiger partial charge in [0.15, 0.2) is 0 Å². The van der Waals surface area contributed by atoms with Crippen LogP contribution in [0, 0.1) is 0 Å². The van der Waals surface area contributed by atoms with Crippen LogP contribution in [0.25, 0.3) is 11.0 Å². The molecule has 1 aliphatic rings. The summed E-state index contributed by atoms with van der Waals surface area (Å²) in [6.45, 7) is -0.408. The van der Waals surface area contributed by atoms with E-state index in [1.54, 1.807) is 4.57 Å². The third kappa shape index (κ3) is 2.77. The Hall–Kier alpha value is -2.37. The molecule has 0 unspecified atom stereocenters. The number of hydrogen-bond acceptors (Lipinski definition) is 3. The maximum Gasteiger partial charge on any atom is 0.330 e. The molecule has 5 heteroatoms. The van der Waals surface area contributed by atoms with Crippen molar-refractivity contribution < 1.29 is 10.2 Å². The first-order chi connectivity index (χ1) is 12.7. The number of nitrogens with zero attached hydrogens (tertiary/aromatic N) is 2. The smallest absolute Gasteiger partial charge is 0.330 e. The van der Waals surface area contributed by atoms with E-state index in [2.05, 4.69) is 0 Å². The van der Waals surface area contributed by atoms with Crippen LogP contribution in [0.4, 0.5) is 0 Å². The topological polar surface area (TPSA) is 67.4 Å². The van der Waals surface area contributed by atoms with Gasteiger partial charge in [0.05, 0.1) is 23.7 Å². The highest BCUT2D eigenvalue weighted by atomic mass is 16.3. The second kappa shape index (κ2) is 7.09. The minimum absolute atomic E-state index is 0.112. The summed E-state index contributed by atoms with van der Waals surface area (Å²) in [5.41, 5.74) is 2.39. The normalized spacial score (nSPS) is 17.6. The van der Waals surface area contributed by atoms with Gasteiger partial charge in [-0.2, -0.15) is 0 Å². The first kappa shape index (κ1) is 17.1. The molecule has 2 N–H and O–H groups in total. The van der Waals surface area contributed by atoms with Crippen molar-refractivity contribution >= 4 is 11.0 Å². The third-order valence-corrected chi connectivity index (χ3v) is 5.47. The Bertz CT molecular complexity index is 939. The Balaban J connectivity index is 1.97. The summed E-state index contributed by atoms with van der Waals surface area (Å²) in [6, 6.07) is 16.8. The van der Waals surface area contributed by atoms with E-state index in [0.29, 0.717) is 0 Å². The number of imidazole rings is 1. The zero-order valence-corrected chi connectivity index (χ0v) is 14.7. The Morgan fingerprint density at radius 1 is 0.962 bits per heavy atom. The monoisotopic (exact) mass is 352 g/mol. The minimum Gasteiger partial charge on any atom is -0.394 e. The van der Waals surface area contributed by atoms with Crippen molar-refractivity contribution in [1.29, 1.82) is 0 Å². The van der Waals surface area contributed by atoms with Crippen molar-refractivity contribution in [3.05, 3.63) is 70.6 Å². The van der Waals surface area contributed by atoms with E-state index < -0.39 is 18.8 Å². The molecule has 0 radical (unpaired) electrons. The zero-order chi connectivity index (χ0) is 18.1. The molecule has 0 aliphatic heterocycles. The summed E-state index contributed by atoms with van der Waals surface area (Å²) in [6.07, 6.45) is 3.23. The average Bonchev–Trinajstić information content (AvgIpc) is 3.29. The van der Waals surface area contributed by atoms with Gasteiger partial charge in [-0.15, -0.1) is 0 Å². The standard InChI is InChI=1S/C21H24N2O3/c24-14-19(25)20(15-8-2-1-3-9-15)23-18-13-7-6-12-17(18)22(21(23)26)16-10-4-5-11-16/h1-3,6-9,12-13,16,19-20,24-25H,4-5,10-11,14H2/t19-,20+/m1/s1. The fraction of sp³-hybridized carbons (Fsp3) is 0.381. The van der Waals surface area contributed by atoms with Crippen molar-refractivity contribution in [3.63, 3.8) is 0 Å². The number of fused-ring (bicyclic) bond motifs is 1. The fourth-order valence-corrected chi connectivity index (χ4v) is 4.27. The van der Waals surface area contributed by atoms with Crippen LogP contribution in [0.1, 0.15) is 43.3 Å². The molecular weight excluding hydrogens is 328 g/mol. The number of aliphatic hydroxyl groups excluding tert-OH is 2. The van der Waals surface area contributed by atoms with E-state index in [4.69, 9.17) is 0 Å². The second-order valence-electron chi connectivity index (χ2n) is 7.06. The molecule has 1 saturated carbocycles. The Morgan fingerprint density at radius 3 is 2.23 bits per heavy atom. The van der Waals surface area contributed by atoms with Crippen molar-refractivity contribution in [1.82, 2.24) is 9.13 Å². The van der Waals surface area contributed by atoms with Crippen LogP contribution in [0.3, 0.4) is 0 Å². The van der Waals surface area contributed by atoms with Crippen molar-refractivity contribution in [2.75, 3.05) is 6.61 Å². The van der Waals surface area contributed by atoms with Gasteiger partial charge in [0.1, 0.15) is 6.10 Å². The Labute approximate surface area is 152 Å². The van der Waals surface area contributed by atoms with Gasteiger partial charge in [-0.3, -0.25) is 9.13 Å². The summed E-state index contributed by atoms with van der Waals surface area (Å²) in [7, 11) is 0. The molecule has 0 spiro atoms. The van der Waals surface area contributed by atoms with E-state index in [-0.39, 0.29) is 11.7 Å². The molecule has 0 amide bonds. The highest BCUT2D eigenvalue weighted by molar-refractivity contribution is 5.76. The molecule has 26 heavy (non-hydrogen) atoms. The van der Waals surface area contributed by atoms with Crippen LogP contribution < -0.4 is 5.69 Å². The first-order valence-electron chi connectivity index (χ1n) is 9.27. The SMILES string of the molecule is O=c1n(C2CCCC2)c2ccccc2n1[C@@H](c1ccccc1)[C@H](O)CO. The molecule has 4 rings (SSSR count). The van der Waals surface area contributed by atoms with Crippen molar-refractivity contribution in [2.45, 2.75) is 43.9 Å². The van der Waals surface area contributed by atoms with Crippen LogP contribution in [0.15, 0.2) is 59.4 Å². The quantitative estimate of drug-likeness (QED) is 0.742. The van der Waals surface area contributed by atoms with Crippen LogP contribution in [-0.2, 0) is 0 Å². The first-order valence-corrected chi connectivity index (χ1v) is 9.27. The lowest BCUT2D eigenvalue weighted by Gasteiger charge is -2.23. The van der Waals surface area contributed by atoms with Crippen LogP contribution in [-0.4, -0.2) is 32.1 Å². The molecule has 1 aliphatic carbocycles. The van der Waals surface area contributed by atoms with Gasteiger partial charge in [0.25, 0.3) is 0 Å². The summed E-state index contributed by atoms with van der Waals surface area (Å²) in [4.78, 5) is 13.4. The second-order valence-corrected chi connectivity index (χ2v) is 7.06. The van der Waals surface area contributed by atoms with Crippen LogP contribution in [0.5, 0.6) is 0 Å². The lowest BCUT2D eigenvalue weighted by molar-refractivity contribution is 0.0640. The number of hydrogen-bond donors (Lipinski definition) is 2. The van der Waals surface area contributed by atoms with E-state index >= 15 is 0 Å². The number of benzene rings is 2. The molecule has 1 fully saturated rings. The number of para-hydroxylation sites is 2. The molecule has 136 valence electrons. The Kier molecular flexibility index (Phi) is 4.66. The zero-order valence-electron chi connectivity index (χ0n) is 14.7. The van der Waals surface area contributed by atoms with E-state index in [1.165, 1.54) is 0 Å². The minimum atomic E-state index is -1.06. The highest BCUT2D eigenvalue weighted by Crippen LogP contribution is 2.33. The van der Waals surface area contributed by atoms with Crippen molar-refractivity contribution in [3.8, 4) is 0 Å². The van der Waals surface area contributed by atoms with Gasteiger partial charge < -0.3 is 10.2 Å². The highest BCUT2D eigenvalue weighted by Gasteiger charge is 2.30. The van der Waals surface area contributed by atoms with Crippen LogP contribution in [0.2, 0.25) is 0 Å². The Morgan fingerprint density at radius 2 is 1.58 bits per heavy atom. The molecule has 1 heterocycles. The summed E-state index contributed by atoms with van der Waals surface area (Å²) in [5, 5.41) is 20.2. The van der Waals surface area contributed by atoms with Gasteiger partial charge in [-0.1, -0.05) is 55.3 Å². The predicted octanol–water partition coefficient (Wildman–Crippen LogP) is 2.86.